The highest BCUT2D eigenvalue weighted by Gasteiger charge is 2.48. The van der Waals surface area contributed by atoms with Crippen LogP contribution in [0.5, 0.6) is 0 Å². The van der Waals surface area contributed by atoms with Crippen molar-refractivity contribution < 1.29 is 24.3 Å². The minimum Gasteiger partial charge on any atom is -0.480 e. The molecule has 8 nitrogen and oxygen atoms in total. The highest BCUT2D eigenvalue weighted by atomic mass is 16.4. The van der Waals surface area contributed by atoms with Crippen LogP contribution in [-0.2, 0) is 19.2 Å². The number of hydrogen-bond donors (Lipinski definition) is 3. The van der Waals surface area contributed by atoms with Crippen LogP contribution in [0.15, 0.2) is 38.0 Å². The molecule has 0 bridgehead atoms. The summed E-state index contributed by atoms with van der Waals surface area (Å²) in [5.74, 6) is 1.18. The molecular weight excluding hydrogens is 266 g/mol. The highest BCUT2D eigenvalue weighted by Crippen LogP contribution is 2.14. The van der Waals surface area contributed by atoms with Gasteiger partial charge in [-0.15, -0.1) is 0 Å². The van der Waals surface area contributed by atoms with E-state index in [0.29, 0.717) is 5.01 Å². The molecule has 0 aromatic heterocycles. The molecule has 0 heterocycles. The molecule has 4 N–H and O–H groups in total. The van der Waals surface area contributed by atoms with Gasteiger partial charge in [-0.3, -0.25) is 25.0 Å². The SMILES string of the molecule is C=CC(=O)NC(C(=O)C=C)(C(=O)C=C)N(N)CC(=O)O. The van der Waals surface area contributed by atoms with Crippen LogP contribution >= 0.6 is 0 Å². The number of aliphatic carboxylic acids is 1. The number of nitrogens with two attached hydrogens (primary N) is 1. The monoisotopic (exact) mass is 281 g/mol. The molecular formula is C12H15N3O5. The predicted molar refractivity (Wildman–Crippen MR) is 70.0 cm³/mol. The summed E-state index contributed by atoms with van der Waals surface area (Å²) in [6.45, 7) is 8.69. The van der Waals surface area contributed by atoms with Gasteiger partial charge in [0.05, 0.1) is 0 Å². The van der Waals surface area contributed by atoms with Crippen molar-refractivity contribution in [1.29, 1.82) is 0 Å². The average Bonchev–Trinajstić information content (AvgIpc) is 2.41. The number of carbonyl (C=O) groups is 4. The number of carboxylic acids is 1. The van der Waals surface area contributed by atoms with Crippen LogP contribution in [-0.4, -0.2) is 45.8 Å². The van der Waals surface area contributed by atoms with Gasteiger partial charge in [-0.2, -0.15) is 5.01 Å². The third kappa shape index (κ3) is 3.46. The van der Waals surface area contributed by atoms with E-state index in [2.05, 4.69) is 19.7 Å². The van der Waals surface area contributed by atoms with Gasteiger partial charge in [0.1, 0.15) is 6.54 Å². The van der Waals surface area contributed by atoms with Crippen molar-refractivity contribution in [1.82, 2.24) is 10.3 Å². The Morgan fingerprint density at radius 2 is 1.55 bits per heavy atom. The van der Waals surface area contributed by atoms with Gasteiger partial charge >= 0.3 is 5.97 Å². The van der Waals surface area contributed by atoms with Gasteiger partial charge in [0.2, 0.25) is 23.1 Å². The van der Waals surface area contributed by atoms with Gasteiger partial charge in [-0.25, -0.2) is 0 Å². The summed E-state index contributed by atoms with van der Waals surface area (Å²) in [5, 5.41) is 11.1. The van der Waals surface area contributed by atoms with Crippen LogP contribution in [0.1, 0.15) is 0 Å². The summed E-state index contributed by atoms with van der Waals surface area (Å²) in [7, 11) is 0. The number of nitrogens with one attached hydrogen (secondary N) is 1. The Balaban J connectivity index is 5.95. The lowest BCUT2D eigenvalue weighted by molar-refractivity contribution is -0.150. The topological polar surface area (TPSA) is 130 Å². The summed E-state index contributed by atoms with van der Waals surface area (Å²) < 4.78 is 0. The number of rotatable bonds is 9. The lowest BCUT2D eigenvalue weighted by atomic mass is 9.97. The summed E-state index contributed by atoms with van der Waals surface area (Å²) in [5.41, 5.74) is -2.42. The van der Waals surface area contributed by atoms with E-state index in [1.807, 2.05) is 5.32 Å². The molecule has 0 aliphatic heterocycles. The molecule has 0 atom stereocenters. The first-order valence-corrected chi connectivity index (χ1v) is 5.28. The second kappa shape index (κ2) is 7.12. The lowest BCUT2D eigenvalue weighted by Crippen LogP contribution is -2.72. The Labute approximate surface area is 115 Å². The van der Waals surface area contributed by atoms with Crippen molar-refractivity contribution in [2.75, 3.05) is 6.54 Å². The summed E-state index contributed by atoms with van der Waals surface area (Å²) in [6.07, 6.45) is 2.29. The number of hydrogen-bond acceptors (Lipinski definition) is 6. The van der Waals surface area contributed by atoms with Crippen LogP contribution < -0.4 is 11.2 Å². The number of amides is 1. The Kier molecular flexibility index (Phi) is 6.20. The molecule has 8 heteroatoms. The molecule has 0 aromatic carbocycles. The first kappa shape index (κ1) is 17.4. The molecule has 0 rings (SSSR count). The zero-order valence-electron chi connectivity index (χ0n) is 10.7. The quantitative estimate of drug-likeness (QED) is 0.158. The molecule has 0 radical (unpaired) electrons. The highest BCUT2D eigenvalue weighted by molar-refractivity contribution is 6.20. The maximum atomic E-state index is 12.0. The molecule has 0 saturated heterocycles. The standard InChI is InChI=1S/C12H15N3O5/c1-4-8(16)12(9(17)5-2,14-10(18)6-3)15(13)7-11(19)20/h4-6H,1-3,7,13H2,(H,14,18)(H,19,20). The van der Waals surface area contributed by atoms with Gasteiger partial charge in [0.25, 0.3) is 0 Å². The van der Waals surface area contributed by atoms with E-state index in [1.54, 1.807) is 0 Å². The molecule has 1 amide bonds. The van der Waals surface area contributed by atoms with Crippen LogP contribution in [0.2, 0.25) is 0 Å². The molecule has 0 aromatic rings. The zero-order chi connectivity index (χ0) is 15.9. The van der Waals surface area contributed by atoms with Gasteiger partial charge in [0, 0.05) is 0 Å². The smallest absolute Gasteiger partial charge is 0.319 e. The minimum atomic E-state index is -2.42. The van der Waals surface area contributed by atoms with E-state index >= 15 is 0 Å². The molecule has 0 saturated carbocycles. The van der Waals surface area contributed by atoms with E-state index in [9.17, 15) is 19.2 Å². The number of carbonyl (C=O) groups excluding carboxylic acids is 3. The average molecular weight is 281 g/mol. The summed E-state index contributed by atoms with van der Waals surface area (Å²) in [6, 6.07) is 0. The van der Waals surface area contributed by atoms with E-state index in [-0.39, 0.29) is 0 Å². The fourth-order valence-electron chi connectivity index (χ4n) is 1.39. The molecule has 20 heavy (non-hydrogen) atoms. The van der Waals surface area contributed by atoms with Gasteiger partial charge in [0.15, 0.2) is 0 Å². The van der Waals surface area contributed by atoms with E-state index in [0.717, 1.165) is 18.2 Å². The predicted octanol–water partition coefficient (Wildman–Crippen LogP) is -1.24. The third-order valence-electron chi connectivity index (χ3n) is 2.31. The molecule has 108 valence electrons. The van der Waals surface area contributed by atoms with Crippen molar-refractivity contribution in [3.63, 3.8) is 0 Å². The maximum Gasteiger partial charge on any atom is 0.319 e. The van der Waals surface area contributed by atoms with Crippen molar-refractivity contribution in [3.05, 3.63) is 38.0 Å². The maximum absolute atomic E-state index is 12.0. The molecule has 0 fully saturated rings. The Morgan fingerprint density at radius 3 is 1.85 bits per heavy atom. The van der Waals surface area contributed by atoms with Crippen LogP contribution in [0.4, 0.5) is 0 Å². The fourth-order valence-corrected chi connectivity index (χ4v) is 1.39. The Morgan fingerprint density at radius 1 is 1.10 bits per heavy atom. The van der Waals surface area contributed by atoms with E-state index in [4.69, 9.17) is 10.9 Å². The van der Waals surface area contributed by atoms with Crippen LogP contribution in [0.25, 0.3) is 0 Å². The van der Waals surface area contributed by atoms with Crippen molar-refractivity contribution in [3.8, 4) is 0 Å². The van der Waals surface area contributed by atoms with Crippen molar-refractivity contribution >= 4 is 23.4 Å². The Hall–Kier alpha value is -2.58. The van der Waals surface area contributed by atoms with Crippen LogP contribution in [0, 0.1) is 0 Å². The number of nitrogens with zero attached hydrogens (tertiary/aromatic N) is 1. The fraction of sp³-hybridized carbons (Fsp3) is 0.167. The summed E-state index contributed by atoms with van der Waals surface area (Å²) >= 11 is 0. The zero-order valence-corrected chi connectivity index (χ0v) is 10.7. The van der Waals surface area contributed by atoms with Gasteiger partial charge < -0.3 is 10.4 Å². The molecule has 0 aliphatic rings. The normalized spacial score (nSPS) is 10.5. The largest absolute Gasteiger partial charge is 0.480 e. The Bertz CT molecular complexity index is 463. The third-order valence-corrected chi connectivity index (χ3v) is 2.31. The summed E-state index contributed by atoms with van der Waals surface area (Å²) in [4.78, 5) is 46.0. The van der Waals surface area contributed by atoms with E-state index in [1.165, 1.54) is 0 Å². The van der Waals surface area contributed by atoms with Gasteiger partial charge in [-0.05, 0) is 18.2 Å². The molecule has 0 aliphatic carbocycles. The molecule has 0 unspecified atom stereocenters. The molecule has 0 spiro atoms. The lowest BCUT2D eigenvalue weighted by Gasteiger charge is -2.36. The van der Waals surface area contributed by atoms with E-state index < -0.39 is 35.7 Å². The first-order chi connectivity index (χ1) is 9.25. The van der Waals surface area contributed by atoms with Gasteiger partial charge in [-0.1, -0.05) is 19.7 Å². The van der Waals surface area contributed by atoms with Crippen molar-refractivity contribution in [2.24, 2.45) is 5.84 Å². The van der Waals surface area contributed by atoms with Crippen LogP contribution in [0.3, 0.4) is 0 Å². The second-order valence-corrected chi connectivity index (χ2v) is 3.56. The van der Waals surface area contributed by atoms with Crippen molar-refractivity contribution in [2.45, 2.75) is 5.66 Å². The minimum absolute atomic E-state index is 0.394. The number of ketones is 2. The number of carboxylic acid groups (broad SMARTS) is 1. The second-order valence-electron chi connectivity index (χ2n) is 3.56. The number of hydrazine groups is 1. The first-order valence-electron chi connectivity index (χ1n) is 5.28.